The maximum absolute atomic E-state index is 14.9. The Balaban J connectivity index is 0.892. The molecule has 0 radical (unpaired) electrons. The van der Waals surface area contributed by atoms with Gasteiger partial charge in [0, 0.05) is 64.6 Å². The Labute approximate surface area is 766 Å². The van der Waals surface area contributed by atoms with Crippen LogP contribution in [-0.4, -0.2) is 38.0 Å². The van der Waals surface area contributed by atoms with Gasteiger partial charge in [-0.15, -0.1) is 56.7 Å². The number of benzene rings is 8. The van der Waals surface area contributed by atoms with E-state index in [1.54, 1.807) is 34.8 Å². The van der Waals surface area contributed by atoms with Crippen LogP contribution in [0.15, 0.2) is 229 Å². The van der Waals surface area contributed by atoms with Crippen molar-refractivity contribution >= 4 is 132 Å². The lowest BCUT2D eigenvalue weighted by Crippen LogP contribution is -2.29. The van der Waals surface area contributed by atoms with E-state index < -0.39 is 10.8 Å². The molecule has 10 nitrogen and oxygen atoms in total. The van der Waals surface area contributed by atoms with Gasteiger partial charge in [0.2, 0.25) is 0 Å². The highest BCUT2D eigenvalue weighted by atomic mass is 32.1. The Bertz CT molecular complexity index is 6600. The molecular weight excluding hydrogens is 1660 g/mol. The fraction of sp³-hybridized carbons (Fsp3) is 0.304. The molecule has 8 aromatic carbocycles. The van der Waals surface area contributed by atoms with Crippen molar-refractivity contribution in [1.29, 1.82) is 10.5 Å². The van der Waals surface area contributed by atoms with Crippen LogP contribution >= 0.6 is 56.7 Å². The quantitative estimate of drug-likeness (QED) is 0.0216. The predicted molar refractivity (Wildman–Crippen MR) is 530 cm³/mol. The highest BCUT2D eigenvalue weighted by Gasteiger charge is 2.56. The number of hydrogen-bond acceptors (Lipinski definition) is 13. The number of fused-ring (bicyclic) bond motifs is 15. The monoisotopic (exact) mass is 1760 g/mol. The molecule has 127 heavy (non-hydrogen) atoms. The van der Waals surface area contributed by atoms with Gasteiger partial charge in [0.05, 0.1) is 96.1 Å². The van der Waals surface area contributed by atoms with Gasteiger partial charge in [-0.1, -0.05) is 254 Å². The van der Waals surface area contributed by atoms with Gasteiger partial charge < -0.3 is 18.9 Å². The third kappa shape index (κ3) is 16.2. The van der Waals surface area contributed by atoms with Crippen molar-refractivity contribution in [1.82, 2.24) is 0 Å². The van der Waals surface area contributed by atoms with E-state index in [-0.39, 0.29) is 23.0 Å². The highest BCUT2D eigenvalue weighted by molar-refractivity contribution is 7.36. The molecule has 4 aliphatic carbocycles. The zero-order chi connectivity index (χ0) is 88.0. The third-order valence-electron chi connectivity index (χ3n) is 26.6. The minimum atomic E-state index is -0.944. The average Bonchev–Trinajstić information content (AvgIpc) is 1.48. The summed E-state index contributed by atoms with van der Waals surface area (Å²) in [6.07, 6.45) is 29.3. The van der Waals surface area contributed by atoms with Gasteiger partial charge in [0.1, 0.15) is 23.0 Å². The lowest BCUT2D eigenvalue weighted by Gasteiger charge is -2.34. The van der Waals surface area contributed by atoms with E-state index in [2.05, 4.69) is 199 Å². The Morgan fingerprint density at radius 2 is 0.724 bits per heavy atom. The number of unbranched alkanes of at least 4 members (excludes halogenated alkanes) is 4. The van der Waals surface area contributed by atoms with Crippen molar-refractivity contribution < 1.29 is 28.5 Å². The molecule has 0 amide bonds. The van der Waals surface area contributed by atoms with E-state index in [1.165, 1.54) is 40.7 Å². The van der Waals surface area contributed by atoms with E-state index in [9.17, 15) is 20.1 Å². The molecule has 0 bridgehead atoms. The summed E-state index contributed by atoms with van der Waals surface area (Å²) in [4.78, 5) is 43.7. The van der Waals surface area contributed by atoms with Gasteiger partial charge in [-0.25, -0.2) is 20.2 Å². The van der Waals surface area contributed by atoms with Crippen molar-refractivity contribution in [2.45, 2.75) is 169 Å². The minimum absolute atomic E-state index is 0.122. The summed E-state index contributed by atoms with van der Waals surface area (Å²) in [5.74, 6) is 4.55. The first-order chi connectivity index (χ1) is 62.2. The van der Waals surface area contributed by atoms with Gasteiger partial charge in [0.25, 0.3) is 11.4 Å². The van der Waals surface area contributed by atoms with Crippen LogP contribution in [0.5, 0.6) is 23.0 Å². The molecule has 5 aromatic heterocycles. The summed E-state index contributed by atoms with van der Waals surface area (Å²) in [5, 5.41) is 24.7. The Kier molecular flexibility index (Phi) is 26.4. The first-order valence-corrected chi connectivity index (χ1v) is 49.5. The summed E-state index contributed by atoms with van der Waals surface area (Å²) in [7, 11) is 0. The molecule has 0 saturated carbocycles. The maximum atomic E-state index is 14.9. The molecule has 0 N–H and O–H groups in total. The number of ketones is 2. The van der Waals surface area contributed by atoms with Crippen molar-refractivity contribution in [2.24, 2.45) is 23.7 Å². The fourth-order valence-corrected chi connectivity index (χ4v) is 26.6. The molecule has 4 unspecified atom stereocenters. The Morgan fingerprint density at radius 3 is 1.08 bits per heavy atom. The van der Waals surface area contributed by atoms with Gasteiger partial charge in [-0.3, -0.25) is 9.59 Å². The molecule has 4 atom stereocenters. The summed E-state index contributed by atoms with van der Waals surface area (Å²) in [5.41, 5.74) is 10.5. The molecule has 0 aliphatic heterocycles. The fourth-order valence-electron chi connectivity index (χ4n) is 19.4. The molecule has 0 spiro atoms. The van der Waals surface area contributed by atoms with Crippen molar-refractivity contribution in [3.63, 3.8) is 0 Å². The Morgan fingerprint density at radius 1 is 0.394 bits per heavy atom. The molecule has 0 saturated heterocycles. The summed E-state index contributed by atoms with van der Waals surface area (Å²) < 4.78 is 32.1. The number of rotatable bonds is 36. The zero-order valence-electron chi connectivity index (χ0n) is 73.5. The zero-order valence-corrected chi connectivity index (χ0v) is 77.6. The van der Waals surface area contributed by atoms with Crippen LogP contribution in [0, 0.1) is 59.5 Å². The second-order valence-corrected chi connectivity index (χ2v) is 39.5. The minimum Gasteiger partial charge on any atom is -0.493 e. The second kappa shape index (κ2) is 38.4. The number of hydrogen-bond donors (Lipinski definition) is 0. The predicted octanol–water partition coefficient (Wildman–Crippen LogP) is 31.7. The smallest absolute Gasteiger partial charge is 0.270 e. The van der Waals surface area contributed by atoms with Crippen LogP contribution in [0.3, 0.4) is 0 Å². The standard InChI is InChI=1S/C112H104N4O6S5/c1-11-19-29-69(15-5)65-119-81-49-41-77(42-50-81)111(78-43-51-82(52-44-78)120-66-70(16-6)30-20-12-2)93-61-85(37-27-39-87-97(94(63-113)115-9)89-57-73-33-23-25-35-75(73)59-91(89)102(87)117)123-104(93)106-100(111)108-110(126-106)101-109(127-108)107-99(105-96(125-107)62-86(124-105)38-28-40-88-98(95(64-114)116-10)90-58-74-34-24-26-36-76(74)60-92(90)103(88)118)112(101,79-45-53-83(54-46-79)121-67-71(17-7)31-21-13-3)80-47-55-84(56-48-80)122-68-72(18-8)32-22-14-4/h23-28,33-62,69-72H,11-22,29-32,65-68H2,1-8H3/b37-27+,38-28+,87-39-,88-40-,97-94+,98-95-. The van der Waals surface area contributed by atoms with Crippen LogP contribution in [-0.2, 0) is 10.8 Å². The largest absolute Gasteiger partial charge is 0.493 e. The van der Waals surface area contributed by atoms with Crippen molar-refractivity contribution in [2.75, 3.05) is 26.4 Å². The van der Waals surface area contributed by atoms with Crippen LogP contribution in [0.4, 0.5) is 0 Å². The first-order valence-electron chi connectivity index (χ1n) is 45.5. The molecule has 5 heterocycles. The van der Waals surface area contributed by atoms with Gasteiger partial charge >= 0.3 is 0 Å². The van der Waals surface area contributed by atoms with Gasteiger partial charge in [-0.2, -0.15) is 0 Å². The van der Waals surface area contributed by atoms with Crippen LogP contribution in [0.25, 0.3) is 92.8 Å². The van der Waals surface area contributed by atoms with E-state index in [0.29, 0.717) is 94.6 Å². The second-order valence-electron chi connectivity index (χ2n) is 34.2. The molecule has 17 rings (SSSR count). The molecule has 4 aliphatic rings. The Hall–Kier alpha value is -11.8. The van der Waals surface area contributed by atoms with E-state index in [1.807, 2.05) is 119 Å². The van der Waals surface area contributed by atoms with E-state index in [0.717, 1.165) is 199 Å². The first kappa shape index (κ1) is 87.3. The van der Waals surface area contributed by atoms with Gasteiger partial charge in [0.15, 0.2) is 11.6 Å². The maximum Gasteiger partial charge on any atom is 0.270 e. The lowest BCUT2D eigenvalue weighted by molar-refractivity contribution is 0.103. The topological polar surface area (TPSA) is 127 Å². The number of allylic oxidation sites excluding steroid dienone is 10. The van der Waals surface area contributed by atoms with Crippen molar-refractivity contribution in [3.8, 4) is 54.6 Å². The number of thiophene rings is 5. The van der Waals surface area contributed by atoms with E-state index >= 15 is 0 Å². The summed E-state index contributed by atoms with van der Waals surface area (Å²) >= 11 is 9.11. The number of carbonyl (C=O) groups is 2. The van der Waals surface area contributed by atoms with Gasteiger partial charge in [-0.05, 0) is 207 Å². The third-order valence-corrected chi connectivity index (χ3v) is 33.0. The van der Waals surface area contributed by atoms with Crippen LogP contribution in [0.2, 0.25) is 0 Å². The molecule has 0 fully saturated rings. The number of nitrogens with zero attached hydrogens (tertiary/aromatic N) is 4. The lowest BCUT2D eigenvalue weighted by atomic mass is 9.67. The number of Topliss-reactive ketones (excluding diaryl/α,β-unsaturated/α-hetero) is 2. The molecule has 638 valence electrons. The number of carbonyl (C=O) groups excluding carboxylic acids is 2. The molecular formula is C112H104N4O6S5. The highest BCUT2D eigenvalue weighted by Crippen LogP contribution is 2.72. The summed E-state index contributed by atoms with van der Waals surface area (Å²) in [6.45, 7) is 37.0. The summed E-state index contributed by atoms with van der Waals surface area (Å²) in [6, 6.07) is 68.4. The average molecular weight is 1760 g/mol. The molecule has 15 heteroatoms. The normalized spacial score (nSPS) is 17.9. The van der Waals surface area contributed by atoms with E-state index in [4.69, 9.17) is 32.1 Å². The number of nitriles is 2. The molecule has 13 aromatic rings. The SMILES string of the molecule is [C-]#[N+]\C(C#N)=C1/C(=C/C=C/c2cc3c(s2)-c2sc4c5c(sc4c2C3(c2ccc(OCC(CC)CCCC)cc2)c2ccc(OCC(CC)CCCC)cc2)-c2sc3cc(/C=C/C=C4\C(=O)c6cc7ccccc7cc6\C4=C(\C#N)[N+]#[C-])sc3c2C5(c2ccc(OCC(CC)CCCC)cc2)c2ccc(OCC(CC)CCCC)cc2)C(=O)c2cc3ccccc3cc21. The van der Waals surface area contributed by atoms with Crippen molar-refractivity contribution in [3.05, 3.63) is 328 Å². The van der Waals surface area contributed by atoms with Crippen LogP contribution < -0.4 is 18.9 Å². The number of ether oxygens (including phenoxy) is 4. The van der Waals surface area contributed by atoms with Crippen LogP contribution in [0.1, 0.15) is 244 Å².